The van der Waals surface area contributed by atoms with Gasteiger partial charge in [-0.3, -0.25) is 0 Å². The first-order chi connectivity index (χ1) is 47.2. The number of nitriles is 1. The molecule has 17 aromatic rings. The molecule has 0 atom stereocenters. The van der Waals surface area contributed by atoms with E-state index in [2.05, 4.69) is 10.9 Å². The molecular formula is C69H38N6S2. The number of hydrogen-bond donors (Lipinski definition) is 0. The molecule has 6 aromatic heterocycles. The van der Waals surface area contributed by atoms with Gasteiger partial charge in [-0.2, -0.15) is 5.26 Å². The van der Waals surface area contributed by atoms with Crippen molar-refractivity contribution >= 4 is 156 Å². The molecule has 0 aliphatic heterocycles. The number of hydrogen-bond acceptors (Lipinski definition) is 3. The minimum absolute atomic E-state index is 0.0119. The van der Waals surface area contributed by atoms with E-state index in [9.17, 15) is 32.4 Å². The highest BCUT2D eigenvalue weighted by molar-refractivity contribution is 7.27. The summed E-state index contributed by atoms with van der Waals surface area (Å²) in [5, 5.41) is 13.2. The Morgan fingerprint density at radius 1 is 0.429 bits per heavy atom. The zero-order valence-electron chi connectivity index (χ0n) is 61.2. The van der Waals surface area contributed by atoms with Gasteiger partial charge in [0.2, 0.25) is 5.69 Å². The Balaban J connectivity index is 1.28. The Kier molecular flexibility index (Phi) is 5.35. The lowest BCUT2D eigenvalue weighted by atomic mass is 10.0. The van der Waals surface area contributed by atoms with Gasteiger partial charge in [0, 0.05) is 78.1 Å². The Morgan fingerprint density at radius 3 is 1.42 bits per heavy atom. The molecule has 0 radical (unpaired) electrons. The van der Waals surface area contributed by atoms with E-state index in [-0.39, 0.29) is 90.1 Å². The predicted molar refractivity (Wildman–Crippen MR) is 325 cm³/mol. The van der Waals surface area contributed by atoms with Crippen molar-refractivity contribution in [1.29, 1.82) is 5.26 Å². The summed E-state index contributed by atoms with van der Waals surface area (Å²) in [5.41, 5.74) is -2.94. The van der Waals surface area contributed by atoms with Gasteiger partial charge >= 0.3 is 0 Å². The van der Waals surface area contributed by atoms with Crippen LogP contribution in [0.5, 0.6) is 0 Å². The summed E-state index contributed by atoms with van der Waals surface area (Å²) in [6.45, 7) is 6.76. The second-order valence-electron chi connectivity index (χ2n) is 18.4. The maximum absolute atomic E-state index is 13.0. The molecule has 6 heterocycles. The van der Waals surface area contributed by atoms with E-state index in [1.54, 1.807) is 81.9 Å². The van der Waals surface area contributed by atoms with Crippen molar-refractivity contribution in [3.8, 4) is 28.8 Å². The summed E-state index contributed by atoms with van der Waals surface area (Å²) in [5.74, 6) is 0. The van der Waals surface area contributed by atoms with Crippen LogP contribution in [-0.4, -0.2) is 18.3 Å². The molecular weight excluding hydrogens is 977 g/mol. The molecule has 0 fully saturated rings. The fourth-order valence-electron chi connectivity index (χ4n) is 11.8. The van der Waals surface area contributed by atoms with Crippen LogP contribution in [0.2, 0.25) is 0 Å². The van der Waals surface area contributed by atoms with Gasteiger partial charge in [0.25, 0.3) is 0 Å². The van der Waals surface area contributed by atoms with Gasteiger partial charge in [-0.1, -0.05) is 163 Å². The Morgan fingerprint density at radius 2 is 0.883 bits per heavy atom. The first kappa shape index (κ1) is 26.5. The molecule has 8 heteroatoms. The Labute approximate surface area is 478 Å². The summed E-state index contributed by atoms with van der Waals surface area (Å²) in [6, 6.07) is 17.8. The van der Waals surface area contributed by atoms with E-state index in [1.165, 1.54) is 9.13 Å². The molecule has 0 amide bonds. The molecule has 356 valence electrons. The van der Waals surface area contributed by atoms with Gasteiger partial charge in [-0.25, -0.2) is 4.85 Å². The van der Waals surface area contributed by atoms with Crippen LogP contribution in [0.15, 0.2) is 212 Å². The number of fused-ring (bicyclic) bond motifs is 20. The van der Waals surface area contributed by atoms with Crippen molar-refractivity contribution in [2.75, 3.05) is 0 Å². The third-order valence-electron chi connectivity index (χ3n) is 14.7. The summed E-state index contributed by atoms with van der Waals surface area (Å²) >= 11 is 1.55. The van der Waals surface area contributed by atoms with Crippen LogP contribution >= 0.6 is 22.7 Å². The van der Waals surface area contributed by atoms with Gasteiger partial charge in [0.15, 0.2) is 0 Å². The molecule has 0 aliphatic carbocycles. The van der Waals surface area contributed by atoms with Crippen LogP contribution < -0.4 is 0 Å². The second-order valence-corrected chi connectivity index (χ2v) is 20.5. The maximum Gasteiger partial charge on any atom is 0.237 e. The van der Waals surface area contributed by atoms with E-state index < -0.39 is 155 Å². The number of para-hydroxylation sites is 5. The molecule has 6 nitrogen and oxygen atoms in total. The fraction of sp³-hybridized carbons (Fsp3) is 0.0145. The predicted octanol–water partition coefficient (Wildman–Crippen LogP) is 19.5. The maximum atomic E-state index is 13.0. The number of nitrogens with zero attached hydrogens (tertiary/aromatic N) is 6. The number of rotatable bonds is 4. The number of benzene rings is 11. The number of thiophene rings is 2. The molecule has 0 unspecified atom stereocenters. The smallest absolute Gasteiger partial charge is 0.237 e. The quantitative estimate of drug-likeness (QED) is 0.162. The van der Waals surface area contributed by atoms with E-state index >= 15 is 0 Å². The van der Waals surface area contributed by atoms with Crippen molar-refractivity contribution < 1.29 is 30.2 Å². The van der Waals surface area contributed by atoms with Gasteiger partial charge in [-0.15, -0.1) is 22.7 Å². The van der Waals surface area contributed by atoms with Crippen LogP contribution in [0.3, 0.4) is 0 Å². The minimum atomic E-state index is -3.28. The van der Waals surface area contributed by atoms with E-state index in [4.69, 9.17) is 9.60 Å². The van der Waals surface area contributed by atoms with Crippen molar-refractivity contribution in [1.82, 2.24) is 18.3 Å². The SMILES string of the molecule is [2H]c1c([2H])c([2H])c2c(sc3c2c([2H])c([2H])c2c4c([2H])c([2H])c([2H])c([2H])c4n(-c4c(-n5c6ccccc6c6ccccc65)c(C#N)c(-n5c6c([2H])c([2H])c(C([2H])([2H])[2H])c([2H])c6c6c([2H])c([2H])c7c(sc8c([2H])c([2H])c([2H])c([2H])c87)c65)c([N+]#[C-])c4-n4c5ccccc5c5ccccc54)c32)c1[2H]. The van der Waals surface area contributed by atoms with E-state index in [0.717, 1.165) is 22.7 Å². The summed E-state index contributed by atoms with van der Waals surface area (Å²) in [6.07, 6.45) is 0. The van der Waals surface area contributed by atoms with Crippen molar-refractivity contribution in [3.05, 3.63) is 234 Å². The molecule has 0 saturated carbocycles. The van der Waals surface area contributed by atoms with Crippen LogP contribution in [0.4, 0.5) is 5.69 Å². The minimum Gasteiger partial charge on any atom is -0.317 e. The highest BCUT2D eigenvalue weighted by Gasteiger charge is 2.35. The summed E-state index contributed by atoms with van der Waals surface area (Å²) in [7, 11) is 0. The van der Waals surface area contributed by atoms with Gasteiger partial charge < -0.3 is 18.3 Å². The molecule has 0 spiro atoms. The van der Waals surface area contributed by atoms with Gasteiger partial charge in [0.05, 0.1) is 114 Å². The normalized spacial score (nSPS) is 16.4. The van der Waals surface area contributed by atoms with Crippen molar-refractivity contribution in [2.24, 2.45) is 0 Å². The lowest BCUT2D eigenvalue weighted by Gasteiger charge is -2.27. The van der Waals surface area contributed by atoms with Crippen molar-refractivity contribution in [2.45, 2.75) is 6.85 Å². The Bertz CT molecular complexity index is 6610. The lowest BCUT2D eigenvalue weighted by Crippen LogP contribution is -2.14. The highest BCUT2D eigenvalue weighted by atomic mass is 32.1. The third-order valence-corrected chi connectivity index (χ3v) is 16.9. The molecule has 0 N–H and O–H groups in total. The average molecular weight is 1040 g/mol. The first-order valence-electron chi connectivity index (χ1n) is 35.0. The summed E-state index contributed by atoms with van der Waals surface area (Å²) in [4.78, 5) is 4.48. The van der Waals surface area contributed by atoms with Crippen molar-refractivity contribution in [3.63, 3.8) is 0 Å². The van der Waals surface area contributed by atoms with Crippen LogP contribution in [0.1, 0.15) is 41.3 Å². The van der Waals surface area contributed by atoms with Gasteiger partial charge in [-0.05, 0) is 61.3 Å². The lowest BCUT2D eigenvalue weighted by molar-refractivity contribution is 1.04. The molecule has 0 aliphatic rings. The first-order valence-corrected chi connectivity index (χ1v) is 25.6. The standard InChI is InChI=1S/C69H38N6S2/c1-39-31-36-58-51(37-39)48-33-35-50-46-23-9-16-30-60(46)77-69(50)65(48)74(58)62-52(38-70)63(72-53-24-10-3-17-40(53)41-18-4-11-25-54(41)72)67(66(61(62)71-2)73-55-26-12-5-19-42(55)43-20-6-13-27-56(43)73)75-57-28-14-7-21-44(57)47-32-34-49-45-22-8-15-29-59(45)76-68(49)64(47)75/h3-37H,1H3/i1D3,7D,8D,9D,14D,15D,16D,21D,22D,23D,28D,29D,30D,31D,32D,33D,34D,35D,36D,37D. The van der Waals surface area contributed by atoms with E-state index in [1.807, 2.05) is 24.3 Å². The molecule has 0 saturated heterocycles. The van der Waals surface area contributed by atoms with Crippen LogP contribution in [0.25, 0.3) is 155 Å². The van der Waals surface area contributed by atoms with E-state index in [0.29, 0.717) is 43.6 Å². The van der Waals surface area contributed by atoms with Crippen LogP contribution in [0, 0.1) is 24.8 Å². The number of aromatic nitrogens is 4. The zero-order valence-corrected chi connectivity index (χ0v) is 40.9. The average Bonchev–Trinajstić information content (AvgIpc) is 1.53. The topological polar surface area (TPSA) is 47.9 Å². The molecule has 17 rings (SSSR count). The molecule has 11 aromatic carbocycles. The molecule has 77 heavy (non-hydrogen) atoms. The molecule has 0 bridgehead atoms. The monoisotopic (exact) mass is 1040 g/mol. The van der Waals surface area contributed by atoms with Gasteiger partial charge in [0.1, 0.15) is 6.07 Å². The zero-order chi connectivity index (χ0) is 69.8. The summed E-state index contributed by atoms with van der Waals surface area (Å²) < 4.78 is 214. The largest absolute Gasteiger partial charge is 0.317 e. The third kappa shape index (κ3) is 5.49. The fourth-order valence-corrected chi connectivity index (χ4v) is 14.0. The Hall–Kier alpha value is -9.96. The van der Waals surface area contributed by atoms with Crippen LogP contribution in [-0.2, 0) is 0 Å². The second kappa shape index (κ2) is 15.5. The highest BCUT2D eigenvalue weighted by Crippen LogP contribution is 2.54.